The van der Waals surface area contributed by atoms with Crippen molar-refractivity contribution < 1.29 is 14.0 Å². The van der Waals surface area contributed by atoms with Crippen molar-refractivity contribution in [2.45, 2.75) is 32.6 Å². The first-order valence-electron chi connectivity index (χ1n) is 10.4. The lowest BCUT2D eigenvalue weighted by atomic mass is 10.1. The number of hydrogen-bond acceptors (Lipinski definition) is 3. The standard InChI is InChI=1S/C24H27FN4O2/c1-17(30)26-21-12-10-18(11-13-21)24(31)29(2)14-5-3-4-9-22-16-23(28-27-22)19-7-6-8-20(25)15-19/h6-8,10-13,15-16H,3-5,9,14H2,1-2H3,(H,26,30)(H,27,28). The first kappa shape index (κ1) is 22.2. The van der Waals surface area contributed by atoms with Crippen molar-refractivity contribution in [3.63, 3.8) is 0 Å². The summed E-state index contributed by atoms with van der Waals surface area (Å²) in [5.41, 5.74) is 3.78. The highest BCUT2D eigenvalue weighted by molar-refractivity contribution is 5.95. The zero-order valence-corrected chi connectivity index (χ0v) is 17.8. The molecular formula is C24H27FN4O2. The summed E-state index contributed by atoms with van der Waals surface area (Å²) in [5, 5.41) is 9.97. The van der Waals surface area contributed by atoms with Crippen LogP contribution < -0.4 is 5.32 Å². The summed E-state index contributed by atoms with van der Waals surface area (Å²) in [6, 6.07) is 15.2. The van der Waals surface area contributed by atoms with Crippen molar-refractivity contribution in [2.75, 3.05) is 18.9 Å². The highest BCUT2D eigenvalue weighted by Gasteiger charge is 2.11. The van der Waals surface area contributed by atoms with E-state index in [0.29, 0.717) is 17.8 Å². The molecule has 6 nitrogen and oxygen atoms in total. The Bertz CT molecular complexity index is 1030. The molecule has 0 aliphatic heterocycles. The zero-order chi connectivity index (χ0) is 22.2. The summed E-state index contributed by atoms with van der Waals surface area (Å²) >= 11 is 0. The first-order valence-corrected chi connectivity index (χ1v) is 10.4. The minimum absolute atomic E-state index is 0.0392. The highest BCUT2D eigenvalue weighted by Crippen LogP contribution is 2.19. The predicted molar refractivity (Wildman–Crippen MR) is 119 cm³/mol. The molecule has 0 saturated carbocycles. The van der Waals surface area contributed by atoms with E-state index in [-0.39, 0.29) is 17.6 Å². The number of rotatable bonds is 9. The largest absolute Gasteiger partial charge is 0.342 e. The summed E-state index contributed by atoms with van der Waals surface area (Å²) in [5.74, 6) is -0.455. The number of carbonyl (C=O) groups is 2. The number of aromatic amines is 1. The van der Waals surface area contributed by atoms with E-state index >= 15 is 0 Å². The van der Waals surface area contributed by atoms with Crippen molar-refractivity contribution in [1.29, 1.82) is 0 Å². The van der Waals surface area contributed by atoms with Crippen LogP contribution in [0.4, 0.5) is 10.1 Å². The SMILES string of the molecule is CC(=O)Nc1ccc(C(=O)N(C)CCCCCc2cc(-c3cccc(F)c3)n[nH]2)cc1. The van der Waals surface area contributed by atoms with Gasteiger partial charge in [0, 0.05) is 43.0 Å². The van der Waals surface area contributed by atoms with Crippen LogP contribution in [-0.4, -0.2) is 40.5 Å². The van der Waals surface area contributed by atoms with Crippen LogP contribution in [0.2, 0.25) is 0 Å². The van der Waals surface area contributed by atoms with Crippen molar-refractivity contribution in [3.8, 4) is 11.3 Å². The molecule has 3 rings (SSSR count). The van der Waals surface area contributed by atoms with Gasteiger partial charge in [0.25, 0.3) is 5.91 Å². The van der Waals surface area contributed by atoms with E-state index in [4.69, 9.17) is 0 Å². The number of nitrogens with one attached hydrogen (secondary N) is 2. The number of unbranched alkanes of at least 4 members (excludes halogenated alkanes) is 2. The fourth-order valence-corrected chi connectivity index (χ4v) is 3.35. The Kier molecular flexibility index (Phi) is 7.54. The van der Waals surface area contributed by atoms with Crippen LogP contribution in [0.3, 0.4) is 0 Å². The molecule has 1 heterocycles. The van der Waals surface area contributed by atoms with Gasteiger partial charge < -0.3 is 10.2 Å². The van der Waals surface area contributed by atoms with Crippen LogP contribution >= 0.6 is 0 Å². The molecule has 1 aromatic heterocycles. The molecule has 0 aliphatic carbocycles. The highest BCUT2D eigenvalue weighted by atomic mass is 19.1. The second-order valence-electron chi connectivity index (χ2n) is 7.58. The lowest BCUT2D eigenvalue weighted by molar-refractivity contribution is -0.114. The van der Waals surface area contributed by atoms with Gasteiger partial charge in [-0.1, -0.05) is 18.6 Å². The molecule has 31 heavy (non-hydrogen) atoms. The molecule has 0 atom stereocenters. The van der Waals surface area contributed by atoms with Crippen molar-refractivity contribution >= 4 is 17.5 Å². The maximum Gasteiger partial charge on any atom is 0.253 e. The Morgan fingerprint density at radius 2 is 1.84 bits per heavy atom. The molecule has 0 saturated heterocycles. The molecule has 2 aromatic carbocycles. The maximum atomic E-state index is 13.4. The Hall–Kier alpha value is -3.48. The quantitative estimate of drug-likeness (QED) is 0.493. The monoisotopic (exact) mass is 422 g/mol. The Labute approximate surface area is 181 Å². The van der Waals surface area contributed by atoms with E-state index in [2.05, 4.69) is 15.5 Å². The third kappa shape index (κ3) is 6.50. The summed E-state index contributed by atoms with van der Waals surface area (Å²) in [6.07, 6.45) is 3.70. The number of aromatic nitrogens is 2. The summed E-state index contributed by atoms with van der Waals surface area (Å²) in [7, 11) is 1.80. The molecule has 0 aliphatic rings. The Morgan fingerprint density at radius 3 is 2.55 bits per heavy atom. The molecule has 2 amide bonds. The Balaban J connectivity index is 1.39. The van der Waals surface area contributed by atoms with Gasteiger partial charge in [0.05, 0.1) is 5.69 Å². The zero-order valence-electron chi connectivity index (χ0n) is 17.8. The number of anilines is 1. The van der Waals surface area contributed by atoms with Gasteiger partial charge in [-0.05, 0) is 61.7 Å². The molecule has 162 valence electrons. The van der Waals surface area contributed by atoms with Gasteiger partial charge in [0.2, 0.25) is 5.91 Å². The number of halogens is 1. The molecule has 0 spiro atoms. The van der Waals surface area contributed by atoms with E-state index < -0.39 is 0 Å². The van der Waals surface area contributed by atoms with Gasteiger partial charge in [-0.15, -0.1) is 0 Å². The number of aryl methyl sites for hydroxylation is 1. The lowest BCUT2D eigenvalue weighted by Crippen LogP contribution is -2.27. The fourth-order valence-electron chi connectivity index (χ4n) is 3.35. The number of nitrogens with zero attached hydrogens (tertiary/aromatic N) is 2. The van der Waals surface area contributed by atoms with E-state index in [1.54, 1.807) is 42.3 Å². The van der Waals surface area contributed by atoms with Crippen LogP contribution in [0.25, 0.3) is 11.3 Å². The molecule has 2 N–H and O–H groups in total. The van der Waals surface area contributed by atoms with E-state index in [9.17, 15) is 14.0 Å². The molecule has 0 radical (unpaired) electrons. The van der Waals surface area contributed by atoms with Crippen molar-refractivity contribution in [3.05, 3.63) is 71.7 Å². The second kappa shape index (κ2) is 10.5. The van der Waals surface area contributed by atoms with Gasteiger partial charge in [0.15, 0.2) is 0 Å². The van der Waals surface area contributed by atoms with E-state index in [0.717, 1.165) is 42.6 Å². The summed E-state index contributed by atoms with van der Waals surface area (Å²) < 4.78 is 13.4. The second-order valence-corrected chi connectivity index (χ2v) is 7.58. The van der Waals surface area contributed by atoms with E-state index in [1.165, 1.54) is 19.1 Å². The molecule has 0 unspecified atom stereocenters. The number of carbonyl (C=O) groups excluding carboxylic acids is 2. The minimum atomic E-state index is -0.274. The molecule has 3 aromatic rings. The minimum Gasteiger partial charge on any atom is -0.342 e. The fraction of sp³-hybridized carbons (Fsp3) is 0.292. The number of hydrogen-bond donors (Lipinski definition) is 2. The van der Waals surface area contributed by atoms with Gasteiger partial charge in [-0.25, -0.2) is 4.39 Å². The van der Waals surface area contributed by atoms with Crippen LogP contribution in [0, 0.1) is 5.82 Å². The summed E-state index contributed by atoms with van der Waals surface area (Å²) in [4.78, 5) is 25.3. The van der Waals surface area contributed by atoms with Gasteiger partial charge in [0.1, 0.15) is 5.82 Å². The van der Waals surface area contributed by atoms with Crippen molar-refractivity contribution in [1.82, 2.24) is 15.1 Å². The normalized spacial score (nSPS) is 10.7. The topological polar surface area (TPSA) is 78.1 Å². The number of amides is 2. The third-order valence-corrected chi connectivity index (χ3v) is 4.99. The van der Waals surface area contributed by atoms with Crippen LogP contribution in [0.5, 0.6) is 0 Å². The summed E-state index contributed by atoms with van der Waals surface area (Å²) in [6.45, 7) is 2.12. The molecular weight excluding hydrogens is 395 g/mol. The van der Waals surface area contributed by atoms with Gasteiger partial charge in [-0.2, -0.15) is 5.10 Å². The van der Waals surface area contributed by atoms with Crippen LogP contribution in [0.1, 0.15) is 42.2 Å². The molecule has 0 fully saturated rings. The lowest BCUT2D eigenvalue weighted by Gasteiger charge is -2.17. The molecule has 0 bridgehead atoms. The third-order valence-electron chi connectivity index (χ3n) is 4.99. The molecule has 7 heteroatoms. The number of H-pyrrole nitrogens is 1. The smallest absolute Gasteiger partial charge is 0.253 e. The number of benzene rings is 2. The van der Waals surface area contributed by atoms with E-state index in [1.807, 2.05) is 12.1 Å². The average molecular weight is 423 g/mol. The first-order chi connectivity index (χ1) is 14.9. The van der Waals surface area contributed by atoms with Gasteiger partial charge in [-0.3, -0.25) is 14.7 Å². The predicted octanol–water partition coefficient (Wildman–Crippen LogP) is 4.66. The van der Waals surface area contributed by atoms with Crippen LogP contribution in [-0.2, 0) is 11.2 Å². The average Bonchev–Trinajstić information content (AvgIpc) is 3.22. The van der Waals surface area contributed by atoms with Crippen LogP contribution in [0.15, 0.2) is 54.6 Å². The Morgan fingerprint density at radius 1 is 1.06 bits per heavy atom. The van der Waals surface area contributed by atoms with Gasteiger partial charge >= 0.3 is 0 Å². The van der Waals surface area contributed by atoms with Crippen molar-refractivity contribution in [2.24, 2.45) is 0 Å². The maximum absolute atomic E-state index is 13.4.